The summed E-state index contributed by atoms with van der Waals surface area (Å²) in [6, 6.07) is 6.61. The molecule has 17 heavy (non-hydrogen) atoms. The van der Waals surface area contributed by atoms with Crippen LogP contribution in [0.4, 0.5) is 10.5 Å². The summed E-state index contributed by atoms with van der Waals surface area (Å²) >= 11 is 0.744. The molecule has 1 aliphatic heterocycles. The fourth-order valence-corrected chi connectivity index (χ4v) is 1.95. The number of nitrogens with two attached hydrogens (primary N) is 1. The molecule has 0 fully saturated rings. The fourth-order valence-electron chi connectivity index (χ4n) is 1.55. The average Bonchev–Trinajstić information content (AvgIpc) is 2.54. The molecule has 6 nitrogen and oxygen atoms in total. The number of primary amides is 1. The van der Waals surface area contributed by atoms with E-state index in [1.54, 1.807) is 13.1 Å². The number of hydrogen-bond donors (Lipinski definition) is 2. The van der Waals surface area contributed by atoms with E-state index in [0.717, 1.165) is 23.4 Å². The first-order valence-electron chi connectivity index (χ1n) is 4.78. The predicted octanol–water partition coefficient (Wildman–Crippen LogP) is 0.684. The lowest BCUT2D eigenvalue weighted by molar-refractivity contribution is -0.111. The van der Waals surface area contributed by atoms with Crippen molar-refractivity contribution in [3.05, 3.63) is 29.8 Å². The number of para-hydroxylation sites is 1. The molecule has 7 heteroatoms. The van der Waals surface area contributed by atoms with Crippen LogP contribution in [0.3, 0.4) is 0 Å². The summed E-state index contributed by atoms with van der Waals surface area (Å²) < 4.78 is 6.20. The number of nitrogens with one attached hydrogen (secondary N) is 1. The summed E-state index contributed by atoms with van der Waals surface area (Å²) in [4.78, 5) is 23.9. The van der Waals surface area contributed by atoms with Crippen LogP contribution in [0.2, 0.25) is 0 Å². The van der Waals surface area contributed by atoms with Gasteiger partial charge in [0.25, 0.3) is 5.91 Å². The van der Waals surface area contributed by atoms with Crippen LogP contribution in [0.15, 0.2) is 28.7 Å². The second-order valence-electron chi connectivity index (χ2n) is 3.38. The summed E-state index contributed by atoms with van der Waals surface area (Å²) in [5.74, 6) is -0.204. The van der Waals surface area contributed by atoms with Crippen LogP contribution in [0.1, 0.15) is 5.56 Å². The van der Waals surface area contributed by atoms with Crippen molar-refractivity contribution in [2.45, 2.75) is 0 Å². The van der Waals surface area contributed by atoms with E-state index < -0.39 is 6.03 Å². The summed E-state index contributed by atoms with van der Waals surface area (Å²) in [5, 5.41) is 0. The Morgan fingerprint density at radius 1 is 1.47 bits per heavy atom. The quantitative estimate of drug-likeness (QED) is 0.757. The Morgan fingerprint density at radius 2 is 2.18 bits per heavy atom. The molecule has 0 unspecified atom stereocenters. The lowest BCUT2D eigenvalue weighted by atomic mass is 10.1. The van der Waals surface area contributed by atoms with Crippen LogP contribution >= 0.6 is 12.1 Å². The van der Waals surface area contributed by atoms with Crippen molar-refractivity contribution in [1.82, 2.24) is 4.72 Å². The van der Waals surface area contributed by atoms with Gasteiger partial charge in [0.05, 0.1) is 17.8 Å². The van der Waals surface area contributed by atoms with E-state index in [4.69, 9.17) is 5.73 Å². The Bertz CT molecular complexity index is 515. The Hall–Kier alpha value is -2.02. The standard InChI is InChI=1S/C10H10N4O2S/c1-14-7-5-3-2-4-6(7)8(9(14)15)12-17-13-10(11)16/h2-5H,1H3,(H3,11,13,16). The smallest absolute Gasteiger partial charge is 0.323 e. The molecule has 1 aliphatic rings. The number of fused-ring (bicyclic) bond motifs is 1. The molecule has 3 amide bonds. The first kappa shape index (κ1) is 11.5. The van der Waals surface area contributed by atoms with Gasteiger partial charge in [-0.05, 0) is 6.07 Å². The topological polar surface area (TPSA) is 87.8 Å². The van der Waals surface area contributed by atoms with Gasteiger partial charge in [0, 0.05) is 12.6 Å². The third kappa shape index (κ3) is 2.09. The maximum Gasteiger partial charge on any atom is 0.323 e. The molecular formula is C10H10N4O2S. The second-order valence-corrected chi connectivity index (χ2v) is 3.95. The highest BCUT2D eigenvalue weighted by atomic mass is 32.2. The van der Waals surface area contributed by atoms with E-state index in [1.165, 1.54) is 4.90 Å². The number of anilines is 1. The molecule has 0 atom stereocenters. The Labute approximate surface area is 102 Å². The molecule has 0 aliphatic carbocycles. The second kappa shape index (κ2) is 4.46. The maximum atomic E-state index is 11.9. The van der Waals surface area contributed by atoms with Gasteiger partial charge in [-0.2, -0.15) is 4.40 Å². The molecule has 0 radical (unpaired) electrons. The van der Waals surface area contributed by atoms with Crippen molar-refractivity contribution < 1.29 is 9.59 Å². The number of rotatable bonds is 2. The molecule has 1 aromatic rings. The number of carbonyl (C=O) groups excluding carboxylic acids is 2. The molecule has 88 valence electrons. The lowest BCUT2D eigenvalue weighted by Gasteiger charge is -2.07. The van der Waals surface area contributed by atoms with Crippen molar-refractivity contribution in [3.8, 4) is 0 Å². The molecule has 1 heterocycles. The van der Waals surface area contributed by atoms with Crippen molar-refractivity contribution in [1.29, 1.82) is 0 Å². The lowest BCUT2D eigenvalue weighted by Crippen LogP contribution is -2.26. The van der Waals surface area contributed by atoms with E-state index in [2.05, 4.69) is 9.12 Å². The highest BCUT2D eigenvalue weighted by Gasteiger charge is 2.30. The van der Waals surface area contributed by atoms with Gasteiger partial charge in [0.1, 0.15) is 5.71 Å². The van der Waals surface area contributed by atoms with Crippen molar-refractivity contribution in [2.24, 2.45) is 10.1 Å². The maximum absolute atomic E-state index is 11.9. The van der Waals surface area contributed by atoms with E-state index in [1.807, 2.05) is 18.2 Å². The summed E-state index contributed by atoms with van der Waals surface area (Å²) in [6.07, 6.45) is 0. The molecule has 0 saturated carbocycles. The molecule has 2 rings (SSSR count). The minimum absolute atomic E-state index is 0.204. The van der Waals surface area contributed by atoms with E-state index in [9.17, 15) is 9.59 Å². The third-order valence-corrected chi connectivity index (χ3v) is 2.88. The zero-order valence-electron chi connectivity index (χ0n) is 9.01. The van der Waals surface area contributed by atoms with Gasteiger partial charge in [0.15, 0.2) is 0 Å². The van der Waals surface area contributed by atoms with Crippen molar-refractivity contribution in [2.75, 3.05) is 11.9 Å². The number of amides is 3. The molecule has 0 saturated heterocycles. The van der Waals surface area contributed by atoms with Gasteiger partial charge in [-0.1, -0.05) is 18.2 Å². The molecule has 1 aromatic carbocycles. The predicted molar refractivity (Wildman–Crippen MR) is 66.7 cm³/mol. The molecule has 0 bridgehead atoms. The van der Waals surface area contributed by atoms with Crippen LogP contribution in [-0.4, -0.2) is 24.7 Å². The van der Waals surface area contributed by atoms with Crippen LogP contribution in [0.5, 0.6) is 0 Å². The van der Waals surface area contributed by atoms with Crippen molar-refractivity contribution in [3.63, 3.8) is 0 Å². The Kier molecular flexibility index (Phi) is 3.01. The van der Waals surface area contributed by atoms with Crippen LogP contribution in [0.25, 0.3) is 0 Å². The van der Waals surface area contributed by atoms with Gasteiger partial charge in [0.2, 0.25) is 0 Å². The molecule has 0 spiro atoms. The number of urea groups is 1. The third-order valence-electron chi connectivity index (χ3n) is 2.31. The zero-order valence-corrected chi connectivity index (χ0v) is 9.82. The van der Waals surface area contributed by atoms with Crippen molar-refractivity contribution >= 4 is 35.5 Å². The number of benzene rings is 1. The van der Waals surface area contributed by atoms with Gasteiger partial charge >= 0.3 is 6.03 Å². The summed E-state index contributed by atoms with van der Waals surface area (Å²) in [6.45, 7) is 0. The van der Waals surface area contributed by atoms with Crippen LogP contribution in [0, 0.1) is 0 Å². The first-order chi connectivity index (χ1) is 8.11. The van der Waals surface area contributed by atoms with Crippen LogP contribution in [-0.2, 0) is 4.79 Å². The highest BCUT2D eigenvalue weighted by molar-refractivity contribution is 7.96. The number of hydrogen-bond acceptors (Lipinski definition) is 4. The zero-order chi connectivity index (χ0) is 12.4. The normalized spacial score (nSPS) is 16.2. The first-order valence-corrected chi connectivity index (χ1v) is 5.55. The van der Waals surface area contributed by atoms with E-state index >= 15 is 0 Å². The monoisotopic (exact) mass is 250 g/mol. The van der Waals surface area contributed by atoms with Gasteiger partial charge in [-0.25, -0.2) is 4.79 Å². The number of nitrogens with zero attached hydrogens (tertiary/aromatic N) is 2. The minimum atomic E-state index is -0.702. The highest BCUT2D eigenvalue weighted by Crippen LogP contribution is 2.28. The van der Waals surface area contributed by atoms with E-state index in [0.29, 0.717) is 5.71 Å². The molecule has 3 N–H and O–H groups in total. The SMILES string of the molecule is CN1C(=O)C(=NSNC(N)=O)c2ccccc21. The van der Waals surface area contributed by atoms with Gasteiger partial charge in [-0.3, -0.25) is 9.52 Å². The van der Waals surface area contributed by atoms with Gasteiger partial charge in [-0.15, -0.1) is 0 Å². The summed E-state index contributed by atoms with van der Waals surface area (Å²) in [7, 11) is 1.68. The van der Waals surface area contributed by atoms with E-state index in [-0.39, 0.29) is 5.91 Å². The Balaban J connectivity index is 2.30. The fraction of sp³-hybridized carbons (Fsp3) is 0.100. The molecular weight excluding hydrogens is 240 g/mol. The van der Waals surface area contributed by atoms with Crippen LogP contribution < -0.4 is 15.4 Å². The Morgan fingerprint density at radius 3 is 2.88 bits per heavy atom. The average molecular weight is 250 g/mol. The molecule has 0 aromatic heterocycles. The summed E-state index contributed by atoms with van der Waals surface area (Å²) in [5.41, 5.74) is 6.76. The number of carbonyl (C=O) groups is 2. The minimum Gasteiger partial charge on any atom is -0.351 e. The van der Waals surface area contributed by atoms with Gasteiger partial charge < -0.3 is 10.6 Å². The number of likely N-dealkylation sites (N-methyl/N-ethyl adjacent to an activating group) is 1. The largest absolute Gasteiger partial charge is 0.351 e.